The van der Waals surface area contributed by atoms with Crippen LogP contribution in [0.15, 0.2) is 24.3 Å². The van der Waals surface area contributed by atoms with Crippen molar-refractivity contribution in [2.45, 2.75) is 52.5 Å². The molecule has 1 aromatic carbocycles. The maximum absolute atomic E-state index is 13.0. The van der Waals surface area contributed by atoms with Gasteiger partial charge in [-0.25, -0.2) is 4.79 Å². The highest BCUT2D eigenvalue weighted by atomic mass is 16.5. The second-order valence-corrected chi connectivity index (χ2v) is 11.2. The highest BCUT2D eigenvalue weighted by Crippen LogP contribution is 2.37. The predicted octanol–water partition coefficient (Wildman–Crippen LogP) is 2.08. The van der Waals surface area contributed by atoms with Crippen molar-refractivity contribution in [3.63, 3.8) is 0 Å². The highest BCUT2D eigenvalue weighted by molar-refractivity contribution is 5.97. The summed E-state index contributed by atoms with van der Waals surface area (Å²) in [5, 5.41) is 7.89. The SMILES string of the molecule is CCc1nn(CCCOC(=O)c2ccc(C(=O)N3CCN(C(C)=O)CC3)cc2)c2c1C(=O)NCC1(CCOCC1)C2. The molecule has 11 heteroatoms. The van der Waals surface area contributed by atoms with E-state index in [1.165, 1.54) is 6.92 Å². The molecule has 0 aliphatic carbocycles. The standard InChI is InChI=1S/C30H39N5O6/c1-3-24-26-25(19-30(20-31-27(26)37)9-17-40-18-10-30)35(32-24)11-4-16-41-29(39)23-7-5-22(6-8-23)28(38)34-14-12-33(13-15-34)21(2)36/h5-8H,3-4,9-20H2,1-2H3,(H,31,37). The lowest BCUT2D eigenvalue weighted by Crippen LogP contribution is -2.50. The largest absolute Gasteiger partial charge is 0.462 e. The first-order valence-corrected chi connectivity index (χ1v) is 14.6. The quantitative estimate of drug-likeness (QED) is 0.403. The number of amides is 3. The van der Waals surface area contributed by atoms with Crippen LogP contribution in [0.5, 0.6) is 0 Å². The van der Waals surface area contributed by atoms with Gasteiger partial charge in [-0.15, -0.1) is 0 Å². The minimum absolute atomic E-state index is 0.0147. The van der Waals surface area contributed by atoms with Crippen molar-refractivity contribution in [1.82, 2.24) is 24.9 Å². The first-order valence-electron chi connectivity index (χ1n) is 14.6. The van der Waals surface area contributed by atoms with E-state index in [2.05, 4.69) is 5.32 Å². The fourth-order valence-corrected chi connectivity index (χ4v) is 5.98. The second kappa shape index (κ2) is 12.4. The average Bonchev–Trinajstić information content (AvgIpc) is 3.27. The third-order valence-corrected chi connectivity index (χ3v) is 8.54. The third-order valence-electron chi connectivity index (χ3n) is 8.54. The number of fused-ring (bicyclic) bond motifs is 1. The summed E-state index contributed by atoms with van der Waals surface area (Å²) in [5.41, 5.74) is 3.31. The fraction of sp³-hybridized carbons (Fsp3) is 0.567. The van der Waals surface area contributed by atoms with Gasteiger partial charge in [0.25, 0.3) is 11.8 Å². The second-order valence-electron chi connectivity index (χ2n) is 11.2. The molecule has 220 valence electrons. The minimum Gasteiger partial charge on any atom is -0.462 e. The molecule has 2 fully saturated rings. The molecule has 2 aromatic rings. The molecule has 0 bridgehead atoms. The van der Waals surface area contributed by atoms with Gasteiger partial charge in [-0.2, -0.15) is 5.10 Å². The molecule has 0 radical (unpaired) electrons. The topological polar surface area (TPSA) is 123 Å². The first kappa shape index (κ1) is 28.8. The Bertz CT molecular complexity index is 1290. The number of nitrogens with zero attached hydrogens (tertiary/aromatic N) is 4. The van der Waals surface area contributed by atoms with Crippen molar-refractivity contribution in [2.24, 2.45) is 5.41 Å². The molecule has 0 saturated carbocycles. The van der Waals surface area contributed by atoms with E-state index in [9.17, 15) is 19.2 Å². The van der Waals surface area contributed by atoms with Crippen LogP contribution in [0.25, 0.3) is 0 Å². The molecule has 3 aliphatic rings. The van der Waals surface area contributed by atoms with Crippen LogP contribution in [0.3, 0.4) is 0 Å². The van der Waals surface area contributed by atoms with Crippen LogP contribution in [-0.4, -0.2) is 95.8 Å². The van der Waals surface area contributed by atoms with Crippen molar-refractivity contribution in [3.8, 4) is 0 Å². The van der Waals surface area contributed by atoms with Gasteiger partial charge < -0.3 is 24.6 Å². The van der Waals surface area contributed by atoms with Crippen molar-refractivity contribution in [3.05, 3.63) is 52.3 Å². The Hall–Kier alpha value is -3.73. The molecule has 2 saturated heterocycles. The summed E-state index contributed by atoms with van der Waals surface area (Å²) in [5.74, 6) is -0.610. The number of rotatable bonds is 7. The number of aromatic nitrogens is 2. The molecule has 5 rings (SSSR count). The smallest absolute Gasteiger partial charge is 0.338 e. The summed E-state index contributed by atoms with van der Waals surface area (Å²) in [4.78, 5) is 53.5. The van der Waals surface area contributed by atoms with Crippen LogP contribution in [0.4, 0.5) is 0 Å². The van der Waals surface area contributed by atoms with E-state index in [1.54, 1.807) is 34.1 Å². The fourth-order valence-electron chi connectivity index (χ4n) is 5.98. The normalized spacial score (nSPS) is 18.4. The molecule has 0 atom stereocenters. The predicted molar refractivity (Wildman–Crippen MR) is 150 cm³/mol. The van der Waals surface area contributed by atoms with Gasteiger partial charge in [0, 0.05) is 71.4 Å². The molecule has 3 amide bonds. The highest BCUT2D eigenvalue weighted by Gasteiger charge is 2.39. The van der Waals surface area contributed by atoms with Crippen molar-refractivity contribution >= 4 is 23.7 Å². The number of piperazine rings is 1. The van der Waals surface area contributed by atoms with Gasteiger partial charge in [-0.3, -0.25) is 19.1 Å². The molecular formula is C30H39N5O6. The van der Waals surface area contributed by atoms with Crippen LogP contribution in [0, 0.1) is 5.41 Å². The van der Waals surface area contributed by atoms with Gasteiger partial charge in [-0.1, -0.05) is 6.92 Å². The molecule has 1 spiro atoms. The Kier molecular flexibility index (Phi) is 8.72. The summed E-state index contributed by atoms with van der Waals surface area (Å²) >= 11 is 0. The van der Waals surface area contributed by atoms with Gasteiger partial charge in [0.2, 0.25) is 5.91 Å². The van der Waals surface area contributed by atoms with Gasteiger partial charge in [0.1, 0.15) is 0 Å². The van der Waals surface area contributed by atoms with Gasteiger partial charge in [0.05, 0.1) is 29.1 Å². The van der Waals surface area contributed by atoms with E-state index < -0.39 is 5.97 Å². The van der Waals surface area contributed by atoms with Gasteiger partial charge in [-0.05, 0) is 55.4 Å². The third kappa shape index (κ3) is 6.29. The molecule has 3 aliphatic heterocycles. The Balaban J connectivity index is 1.15. The van der Waals surface area contributed by atoms with Gasteiger partial charge >= 0.3 is 5.97 Å². The number of aryl methyl sites for hydroxylation is 2. The zero-order valence-electron chi connectivity index (χ0n) is 23.9. The molecule has 1 aromatic heterocycles. The number of carbonyl (C=O) groups is 4. The Labute approximate surface area is 240 Å². The number of hydrogen-bond acceptors (Lipinski definition) is 7. The monoisotopic (exact) mass is 565 g/mol. The van der Waals surface area contributed by atoms with E-state index in [0.29, 0.717) is 82.0 Å². The maximum Gasteiger partial charge on any atom is 0.338 e. The van der Waals surface area contributed by atoms with Crippen LogP contribution < -0.4 is 5.32 Å². The van der Waals surface area contributed by atoms with E-state index in [0.717, 1.165) is 30.7 Å². The summed E-state index contributed by atoms with van der Waals surface area (Å²) < 4.78 is 13.0. The summed E-state index contributed by atoms with van der Waals surface area (Å²) in [7, 11) is 0. The first-order chi connectivity index (χ1) is 19.8. The number of esters is 1. The van der Waals surface area contributed by atoms with E-state index in [4.69, 9.17) is 14.6 Å². The van der Waals surface area contributed by atoms with E-state index in [-0.39, 0.29) is 29.7 Å². The molecule has 0 unspecified atom stereocenters. The number of carbonyl (C=O) groups excluding carboxylic acids is 4. The van der Waals surface area contributed by atoms with Crippen molar-refractivity contribution < 1.29 is 28.7 Å². The van der Waals surface area contributed by atoms with Crippen LogP contribution in [0.1, 0.15) is 75.6 Å². The van der Waals surface area contributed by atoms with Crippen molar-refractivity contribution in [2.75, 3.05) is 52.5 Å². The van der Waals surface area contributed by atoms with E-state index in [1.807, 2.05) is 11.6 Å². The summed E-state index contributed by atoms with van der Waals surface area (Å²) in [6.45, 7) is 8.35. The lowest BCUT2D eigenvalue weighted by Gasteiger charge is -2.36. The summed E-state index contributed by atoms with van der Waals surface area (Å²) in [6, 6.07) is 6.49. The van der Waals surface area contributed by atoms with Crippen LogP contribution >= 0.6 is 0 Å². The maximum atomic E-state index is 13.0. The number of nitrogens with one attached hydrogen (secondary N) is 1. The zero-order valence-corrected chi connectivity index (χ0v) is 23.9. The zero-order chi connectivity index (χ0) is 29.0. The van der Waals surface area contributed by atoms with Crippen molar-refractivity contribution in [1.29, 1.82) is 0 Å². The lowest BCUT2D eigenvalue weighted by atomic mass is 9.76. The van der Waals surface area contributed by atoms with Gasteiger partial charge in [0.15, 0.2) is 0 Å². The number of hydrogen-bond donors (Lipinski definition) is 1. The lowest BCUT2D eigenvalue weighted by molar-refractivity contribution is -0.130. The Morgan fingerprint density at radius 1 is 1.02 bits per heavy atom. The molecule has 1 N–H and O–H groups in total. The van der Waals surface area contributed by atoms with Crippen LogP contribution in [0.2, 0.25) is 0 Å². The average molecular weight is 566 g/mol. The Morgan fingerprint density at radius 2 is 1.68 bits per heavy atom. The Morgan fingerprint density at radius 3 is 2.34 bits per heavy atom. The number of ether oxygens (including phenoxy) is 2. The molecular weight excluding hydrogens is 526 g/mol. The molecule has 4 heterocycles. The molecule has 41 heavy (non-hydrogen) atoms. The van der Waals surface area contributed by atoms with E-state index >= 15 is 0 Å². The van der Waals surface area contributed by atoms with Crippen LogP contribution in [-0.2, 0) is 33.7 Å². The number of benzene rings is 1. The molecule has 11 nitrogen and oxygen atoms in total. The minimum atomic E-state index is -0.451. The summed E-state index contributed by atoms with van der Waals surface area (Å²) in [6.07, 6.45) is 3.80.